The molecule has 0 radical (unpaired) electrons. The summed E-state index contributed by atoms with van der Waals surface area (Å²) in [5, 5.41) is 15.6. The fraction of sp³-hybridized carbons (Fsp3) is 0.308. The first-order valence-corrected chi connectivity index (χ1v) is 14.4. The smallest absolute Gasteiger partial charge is 0.282 e. The van der Waals surface area contributed by atoms with Gasteiger partial charge < -0.3 is 0 Å². The molecule has 0 atom stereocenters. The van der Waals surface area contributed by atoms with Crippen molar-refractivity contribution in [2.24, 2.45) is 10.2 Å². The molecule has 1 aliphatic heterocycles. The van der Waals surface area contributed by atoms with Crippen molar-refractivity contribution in [2.75, 3.05) is 26.2 Å². The van der Waals surface area contributed by atoms with Gasteiger partial charge >= 0.3 is 18.0 Å². The van der Waals surface area contributed by atoms with Crippen LogP contribution in [0, 0.1) is 4.77 Å². The Morgan fingerprint density at radius 2 is 1.09 bits per heavy atom. The van der Waals surface area contributed by atoms with E-state index in [1.807, 2.05) is 0 Å². The number of benzene rings is 2. The number of aromatic nitrogens is 6. The minimum Gasteiger partial charge on any atom is -0.282 e. The van der Waals surface area contributed by atoms with Crippen LogP contribution < -0.4 is 5.69 Å². The van der Waals surface area contributed by atoms with Crippen molar-refractivity contribution >= 4 is 47.8 Å². The summed E-state index contributed by atoms with van der Waals surface area (Å²) in [6.45, 7) is 0.685. The Morgan fingerprint density at radius 1 is 0.696 bits per heavy atom. The highest BCUT2D eigenvalue weighted by molar-refractivity contribution is 7.71. The monoisotopic (exact) mass is 706 g/mol. The van der Waals surface area contributed by atoms with E-state index in [0.29, 0.717) is 30.5 Å². The number of nitrogens with zero attached hydrogens (tertiary/aromatic N) is 10. The van der Waals surface area contributed by atoms with Crippen LogP contribution in [0.25, 0.3) is 0 Å². The molecule has 244 valence electrons. The molecule has 4 aromatic rings. The molecule has 46 heavy (non-hydrogen) atoms. The van der Waals surface area contributed by atoms with E-state index in [1.54, 1.807) is 34.1 Å². The largest absolute Gasteiger partial charge is 0.453 e. The lowest BCUT2D eigenvalue weighted by Crippen LogP contribution is -2.48. The first-order valence-electron chi connectivity index (χ1n) is 13.3. The maximum Gasteiger partial charge on any atom is 0.453 e. The lowest BCUT2D eigenvalue weighted by molar-refractivity contribution is -0.148. The van der Waals surface area contributed by atoms with Gasteiger partial charge in [-0.2, -0.15) is 50.6 Å². The molecule has 0 unspecified atom stereocenters. The Bertz CT molecular complexity index is 1720. The Morgan fingerprint density at radius 3 is 1.54 bits per heavy atom. The topological polar surface area (TPSA) is 93.8 Å². The molecule has 2 aromatic carbocycles. The SMILES string of the molecule is O=c1n(CN2CCN(Cn3nc(C(F)(F)F)n(N=Cc4ccc(Cl)cc4)c3=S)CC2)nc(C(F)(F)F)n1N=Cc1ccc(Cl)cc1. The molecule has 0 N–H and O–H groups in total. The van der Waals surface area contributed by atoms with E-state index >= 15 is 0 Å². The Hall–Kier alpha value is -3.84. The van der Waals surface area contributed by atoms with E-state index < -0.39 is 29.7 Å². The maximum absolute atomic E-state index is 13.8. The number of piperazine rings is 1. The van der Waals surface area contributed by atoms with Crippen LogP contribution in [0.1, 0.15) is 22.8 Å². The molecule has 0 bridgehead atoms. The van der Waals surface area contributed by atoms with Crippen LogP contribution >= 0.6 is 35.4 Å². The average molecular weight is 707 g/mol. The first-order chi connectivity index (χ1) is 21.7. The predicted octanol–water partition coefficient (Wildman–Crippen LogP) is 5.11. The molecule has 0 saturated carbocycles. The highest BCUT2D eigenvalue weighted by Crippen LogP contribution is 2.29. The summed E-state index contributed by atoms with van der Waals surface area (Å²) < 4.78 is 84.4. The van der Waals surface area contributed by atoms with Crippen molar-refractivity contribution < 1.29 is 26.3 Å². The summed E-state index contributed by atoms with van der Waals surface area (Å²) in [5.74, 6) is -2.80. The van der Waals surface area contributed by atoms with E-state index in [0.717, 1.165) is 10.9 Å². The zero-order valence-electron chi connectivity index (χ0n) is 23.3. The number of alkyl halides is 6. The summed E-state index contributed by atoms with van der Waals surface area (Å²) in [6, 6.07) is 12.3. The van der Waals surface area contributed by atoms with Gasteiger partial charge in [-0.25, -0.2) is 9.48 Å². The van der Waals surface area contributed by atoms with E-state index in [1.165, 1.54) is 30.5 Å². The van der Waals surface area contributed by atoms with Gasteiger partial charge in [0.15, 0.2) is 0 Å². The van der Waals surface area contributed by atoms with Gasteiger partial charge in [0.1, 0.15) is 0 Å². The van der Waals surface area contributed by atoms with Crippen LogP contribution in [0.4, 0.5) is 26.3 Å². The second kappa shape index (κ2) is 13.5. The standard InChI is InChI=1S/C26H22Cl2F6N10OS/c27-19-5-1-17(2-6-19)13-35-43-21(25(29,30)31)37-41(23(43)45)15-39-9-11-40(12-10-39)16-42-24(46)44(22(38-42)26(32,33)34)36-14-18-3-7-20(28)8-4-18/h1-8,13-14H,9-12,15-16H2. The minimum atomic E-state index is -4.96. The van der Waals surface area contributed by atoms with Crippen molar-refractivity contribution in [3.8, 4) is 0 Å². The van der Waals surface area contributed by atoms with Gasteiger partial charge in [-0.05, 0) is 47.6 Å². The van der Waals surface area contributed by atoms with E-state index in [-0.39, 0.29) is 49.0 Å². The summed E-state index contributed by atoms with van der Waals surface area (Å²) in [7, 11) is 0. The zero-order chi connectivity index (χ0) is 33.2. The highest BCUT2D eigenvalue weighted by Gasteiger charge is 2.40. The number of rotatable bonds is 8. The second-order valence-electron chi connectivity index (χ2n) is 9.94. The van der Waals surface area contributed by atoms with Gasteiger partial charge in [0, 0.05) is 36.2 Å². The Labute approximate surface area is 271 Å². The summed E-state index contributed by atoms with van der Waals surface area (Å²) in [5.41, 5.74) is -0.201. The molecule has 5 rings (SSSR count). The van der Waals surface area contributed by atoms with Crippen molar-refractivity contribution in [3.05, 3.63) is 96.6 Å². The molecule has 0 amide bonds. The van der Waals surface area contributed by atoms with Gasteiger partial charge in [0.2, 0.25) is 4.77 Å². The third-order valence-electron chi connectivity index (χ3n) is 6.66. The lowest BCUT2D eigenvalue weighted by Gasteiger charge is -2.33. The predicted molar refractivity (Wildman–Crippen MR) is 160 cm³/mol. The van der Waals surface area contributed by atoms with Crippen molar-refractivity contribution in [2.45, 2.75) is 25.7 Å². The lowest BCUT2D eigenvalue weighted by atomic mass is 10.2. The van der Waals surface area contributed by atoms with E-state index in [9.17, 15) is 31.1 Å². The highest BCUT2D eigenvalue weighted by atomic mass is 35.5. The van der Waals surface area contributed by atoms with Crippen LogP contribution in [-0.2, 0) is 25.7 Å². The molecule has 1 saturated heterocycles. The average Bonchev–Trinajstić information content (AvgIpc) is 3.49. The second-order valence-corrected chi connectivity index (χ2v) is 11.2. The fourth-order valence-electron chi connectivity index (χ4n) is 4.34. The number of hydrogen-bond donors (Lipinski definition) is 0. The van der Waals surface area contributed by atoms with E-state index in [4.69, 9.17) is 35.4 Å². The molecule has 2 aromatic heterocycles. The molecule has 3 heterocycles. The molecule has 0 spiro atoms. The Balaban J connectivity index is 1.27. The summed E-state index contributed by atoms with van der Waals surface area (Å²) in [6.07, 6.45) is -7.53. The summed E-state index contributed by atoms with van der Waals surface area (Å²) >= 11 is 16.9. The van der Waals surface area contributed by atoms with E-state index in [2.05, 4.69) is 20.4 Å². The zero-order valence-corrected chi connectivity index (χ0v) is 25.7. The van der Waals surface area contributed by atoms with Gasteiger partial charge in [0.25, 0.3) is 11.6 Å². The minimum absolute atomic E-state index is 0.106. The van der Waals surface area contributed by atoms with Crippen LogP contribution in [0.3, 0.4) is 0 Å². The van der Waals surface area contributed by atoms with Gasteiger partial charge in [-0.3, -0.25) is 9.80 Å². The van der Waals surface area contributed by atoms with Gasteiger partial charge in [-0.1, -0.05) is 47.5 Å². The molecule has 0 aliphatic carbocycles. The number of halogens is 8. The van der Waals surface area contributed by atoms with Crippen LogP contribution in [0.15, 0.2) is 63.5 Å². The van der Waals surface area contributed by atoms with Crippen LogP contribution in [0.2, 0.25) is 10.0 Å². The molecule has 1 fully saturated rings. The maximum atomic E-state index is 13.8. The normalized spacial score (nSPS) is 15.5. The fourth-order valence-corrected chi connectivity index (χ4v) is 4.83. The van der Waals surface area contributed by atoms with Crippen molar-refractivity contribution in [1.29, 1.82) is 0 Å². The van der Waals surface area contributed by atoms with Gasteiger partial charge in [0.05, 0.1) is 25.8 Å². The molecule has 1 aliphatic rings. The Kier molecular flexibility index (Phi) is 9.83. The molecule has 11 nitrogen and oxygen atoms in total. The van der Waals surface area contributed by atoms with Crippen molar-refractivity contribution in [1.82, 2.24) is 38.7 Å². The third-order valence-corrected chi connectivity index (χ3v) is 7.55. The molecular weight excluding hydrogens is 685 g/mol. The van der Waals surface area contributed by atoms with Crippen LogP contribution in [0.5, 0.6) is 0 Å². The quantitative estimate of drug-likeness (QED) is 0.144. The first kappa shape index (κ1) is 33.5. The molecule has 20 heteroatoms. The van der Waals surface area contributed by atoms with Crippen molar-refractivity contribution in [3.63, 3.8) is 0 Å². The third kappa shape index (κ3) is 7.92. The van der Waals surface area contributed by atoms with Gasteiger partial charge in [-0.15, -0.1) is 10.2 Å². The summed E-state index contributed by atoms with van der Waals surface area (Å²) in [4.78, 5) is 16.3. The number of hydrogen-bond acceptors (Lipinski definition) is 8. The van der Waals surface area contributed by atoms with Crippen LogP contribution in [-0.4, -0.2) is 77.3 Å². The molecular formula is C26H22Cl2F6N10OS.